The zero-order valence-electron chi connectivity index (χ0n) is 10.6. The highest BCUT2D eigenvalue weighted by Gasteiger charge is 2.20. The van der Waals surface area contributed by atoms with Crippen molar-refractivity contribution in [3.05, 3.63) is 30.0 Å². The lowest BCUT2D eigenvalue weighted by molar-refractivity contribution is -0.137. The number of methoxy groups -OCH3 is 1. The lowest BCUT2D eigenvalue weighted by Gasteiger charge is -2.01. The molecule has 1 amide bonds. The molecule has 2 aromatic rings. The maximum atomic E-state index is 11.9. The number of aromatic nitrogens is 1. The summed E-state index contributed by atoms with van der Waals surface area (Å²) in [4.78, 5) is 36.7. The minimum absolute atomic E-state index is 0.186. The van der Waals surface area contributed by atoms with Crippen LogP contribution in [0.4, 0.5) is 0 Å². The number of hydrogen-bond donors (Lipinski definition) is 3. The second-order valence-electron chi connectivity index (χ2n) is 4.02. The van der Waals surface area contributed by atoms with Gasteiger partial charge in [0.25, 0.3) is 11.7 Å². The van der Waals surface area contributed by atoms with E-state index in [1.807, 2.05) is 5.32 Å². The molecule has 1 aromatic heterocycles. The van der Waals surface area contributed by atoms with Crippen molar-refractivity contribution >= 4 is 28.6 Å². The number of Topliss-reactive ketones (excluding diaryl/α,β-unsaturated/α-hetero) is 1. The van der Waals surface area contributed by atoms with Crippen LogP contribution in [0, 0.1) is 0 Å². The molecule has 0 unspecified atom stereocenters. The molecule has 0 aliphatic rings. The monoisotopic (exact) mass is 276 g/mol. The van der Waals surface area contributed by atoms with E-state index in [-0.39, 0.29) is 5.56 Å². The molecule has 0 saturated carbocycles. The molecule has 0 aliphatic carbocycles. The number of H-pyrrole nitrogens is 1. The van der Waals surface area contributed by atoms with Crippen LogP contribution in [0.25, 0.3) is 10.9 Å². The molecule has 20 heavy (non-hydrogen) atoms. The Kier molecular flexibility index (Phi) is 3.69. The lowest BCUT2D eigenvalue weighted by atomic mass is 10.1. The van der Waals surface area contributed by atoms with Gasteiger partial charge in [-0.05, 0) is 12.1 Å². The van der Waals surface area contributed by atoms with Crippen molar-refractivity contribution in [2.24, 2.45) is 0 Å². The van der Waals surface area contributed by atoms with Crippen LogP contribution >= 0.6 is 0 Å². The van der Waals surface area contributed by atoms with E-state index >= 15 is 0 Å². The smallest absolute Gasteiger partial charge is 0.322 e. The van der Waals surface area contributed by atoms with Gasteiger partial charge in [-0.15, -0.1) is 0 Å². The Hall–Kier alpha value is -2.83. The van der Waals surface area contributed by atoms with Crippen LogP contribution in [0.3, 0.4) is 0 Å². The molecule has 0 fully saturated rings. The van der Waals surface area contributed by atoms with E-state index in [0.29, 0.717) is 16.7 Å². The highest BCUT2D eigenvalue weighted by Crippen LogP contribution is 2.23. The predicted molar refractivity (Wildman–Crippen MR) is 69.8 cm³/mol. The quantitative estimate of drug-likeness (QED) is 0.546. The third-order valence-electron chi connectivity index (χ3n) is 2.74. The molecule has 0 bridgehead atoms. The largest absolute Gasteiger partial charge is 0.497 e. The minimum Gasteiger partial charge on any atom is -0.497 e. The first-order valence-electron chi connectivity index (χ1n) is 5.72. The topological polar surface area (TPSA) is 108 Å². The first-order chi connectivity index (χ1) is 9.52. The van der Waals surface area contributed by atoms with Crippen molar-refractivity contribution < 1.29 is 24.2 Å². The van der Waals surface area contributed by atoms with E-state index in [9.17, 15) is 14.4 Å². The molecule has 0 atom stereocenters. The van der Waals surface area contributed by atoms with Crippen molar-refractivity contribution in [2.75, 3.05) is 13.7 Å². The van der Waals surface area contributed by atoms with E-state index in [1.165, 1.54) is 13.3 Å². The molecule has 104 valence electrons. The number of hydrogen-bond acceptors (Lipinski definition) is 4. The first-order valence-corrected chi connectivity index (χ1v) is 5.72. The van der Waals surface area contributed by atoms with Gasteiger partial charge in [-0.2, -0.15) is 0 Å². The second kappa shape index (κ2) is 5.43. The number of aliphatic carboxylic acids is 1. The number of rotatable bonds is 5. The maximum Gasteiger partial charge on any atom is 0.322 e. The van der Waals surface area contributed by atoms with Crippen molar-refractivity contribution in [3.63, 3.8) is 0 Å². The van der Waals surface area contributed by atoms with Crippen LogP contribution in [0.5, 0.6) is 5.75 Å². The van der Waals surface area contributed by atoms with Crippen molar-refractivity contribution in [1.82, 2.24) is 10.3 Å². The number of benzene rings is 1. The number of fused-ring (bicyclic) bond motifs is 1. The van der Waals surface area contributed by atoms with E-state index in [2.05, 4.69) is 4.98 Å². The number of carboxylic acids is 1. The number of ketones is 1. The van der Waals surface area contributed by atoms with E-state index in [1.54, 1.807) is 18.2 Å². The molecular formula is C13H12N2O5. The van der Waals surface area contributed by atoms with Crippen LogP contribution in [-0.4, -0.2) is 41.4 Å². The molecule has 7 heteroatoms. The number of amides is 1. The fourth-order valence-electron chi connectivity index (χ4n) is 1.78. The Morgan fingerprint density at radius 1 is 1.35 bits per heavy atom. The third-order valence-corrected chi connectivity index (χ3v) is 2.74. The van der Waals surface area contributed by atoms with Gasteiger partial charge in [-0.25, -0.2) is 0 Å². The Labute approximate surface area is 113 Å². The number of carbonyl (C=O) groups is 3. The van der Waals surface area contributed by atoms with Crippen LogP contribution in [0.2, 0.25) is 0 Å². The minimum atomic E-state index is -1.21. The molecule has 1 heterocycles. The summed E-state index contributed by atoms with van der Waals surface area (Å²) < 4.78 is 5.05. The lowest BCUT2D eigenvalue weighted by Crippen LogP contribution is -2.34. The molecule has 3 N–H and O–H groups in total. The normalized spacial score (nSPS) is 10.2. The summed E-state index contributed by atoms with van der Waals surface area (Å²) in [6.07, 6.45) is 1.41. The second-order valence-corrected chi connectivity index (χ2v) is 4.02. The Morgan fingerprint density at radius 3 is 2.75 bits per heavy atom. The summed E-state index contributed by atoms with van der Waals surface area (Å²) >= 11 is 0. The van der Waals surface area contributed by atoms with Gasteiger partial charge in [0, 0.05) is 23.2 Å². The molecule has 0 spiro atoms. The average molecular weight is 276 g/mol. The van der Waals surface area contributed by atoms with Gasteiger partial charge in [0.05, 0.1) is 12.7 Å². The fraction of sp³-hybridized carbons (Fsp3) is 0.154. The summed E-state index contributed by atoms with van der Waals surface area (Å²) in [5.74, 6) is -2.34. The molecule has 0 radical (unpaired) electrons. The van der Waals surface area contributed by atoms with Gasteiger partial charge in [-0.1, -0.05) is 0 Å². The van der Waals surface area contributed by atoms with Crippen LogP contribution in [0.15, 0.2) is 24.4 Å². The predicted octanol–water partition coefficient (Wildman–Crippen LogP) is 0.560. The zero-order valence-corrected chi connectivity index (χ0v) is 10.6. The molecule has 7 nitrogen and oxygen atoms in total. The number of aromatic amines is 1. The number of carbonyl (C=O) groups excluding carboxylic acids is 2. The van der Waals surface area contributed by atoms with E-state index in [4.69, 9.17) is 9.84 Å². The Morgan fingerprint density at radius 2 is 2.10 bits per heavy atom. The van der Waals surface area contributed by atoms with Gasteiger partial charge in [0.1, 0.15) is 12.3 Å². The number of ether oxygens (including phenoxy) is 1. The SMILES string of the molecule is COc1ccc2c(C(=O)C(=O)NCC(=O)O)c[nH]c2c1. The van der Waals surface area contributed by atoms with Gasteiger partial charge < -0.3 is 20.1 Å². The molecule has 1 aromatic carbocycles. The van der Waals surface area contributed by atoms with E-state index < -0.39 is 24.2 Å². The number of carboxylic acid groups (broad SMARTS) is 1. The Bertz CT molecular complexity index is 689. The summed E-state index contributed by atoms with van der Waals surface area (Å²) in [5.41, 5.74) is 0.837. The molecule has 0 aliphatic heterocycles. The van der Waals surface area contributed by atoms with Gasteiger partial charge >= 0.3 is 5.97 Å². The summed E-state index contributed by atoms with van der Waals surface area (Å²) in [5, 5.41) is 11.1. The van der Waals surface area contributed by atoms with Crippen molar-refractivity contribution in [2.45, 2.75) is 0 Å². The summed E-state index contributed by atoms with van der Waals surface area (Å²) in [7, 11) is 1.52. The molecular weight excluding hydrogens is 264 g/mol. The highest BCUT2D eigenvalue weighted by atomic mass is 16.5. The van der Waals surface area contributed by atoms with Crippen LogP contribution in [-0.2, 0) is 9.59 Å². The number of nitrogens with one attached hydrogen (secondary N) is 2. The van der Waals surface area contributed by atoms with Crippen molar-refractivity contribution in [1.29, 1.82) is 0 Å². The fourth-order valence-corrected chi connectivity index (χ4v) is 1.78. The van der Waals surface area contributed by atoms with Gasteiger partial charge in [0.2, 0.25) is 0 Å². The van der Waals surface area contributed by atoms with Gasteiger partial charge in [0.15, 0.2) is 0 Å². The molecule has 0 saturated heterocycles. The third kappa shape index (κ3) is 2.61. The standard InChI is InChI=1S/C13H12N2O5/c1-20-7-2-3-8-9(5-14-10(8)4-7)12(18)13(19)15-6-11(16)17/h2-5,14H,6H2,1H3,(H,15,19)(H,16,17). The first kappa shape index (κ1) is 13.6. The van der Waals surface area contributed by atoms with Crippen LogP contribution in [0.1, 0.15) is 10.4 Å². The highest BCUT2D eigenvalue weighted by molar-refractivity contribution is 6.45. The van der Waals surface area contributed by atoms with Gasteiger partial charge in [-0.3, -0.25) is 14.4 Å². The molecule has 2 rings (SSSR count). The average Bonchev–Trinajstić information content (AvgIpc) is 2.86. The maximum absolute atomic E-state index is 11.9. The van der Waals surface area contributed by atoms with Crippen molar-refractivity contribution in [3.8, 4) is 5.75 Å². The van der Waals surface area contributed by atoms with E-state index in [0.717, 1.165) is 0 Å². The summed E-state index contributed by atoms with van der Waals surface area (Å²) in [6.45, 7) is -0.596. The Balaban J connectivity index is 2.26. The summed E-state index contributed by atoms with van der Waals surface area (Å²) in [6, 6.07) is 5.02. The van der Waals surface area contributed by atoms with Crippen LogP contribution < -0.4 is 10.1 Å². The zero-order chi connectivity index (χ0) is 14.7.